The molecule has 2 aliphatic rings. The molecule has 0 aromatic rings. The first-order valence-electron chi connectivity index (χ1n) is 7.35. The largest absolute Gasteiger partial charge is 0.352 e. The minimum Gasteiger partial charge on any atom is -0.352 e. The van der Waals surface area contributed by atoms with Crippen molar-refractivity contribution in [2.24, 2.45) is 28.9 Å². The number of amides is 1. The fraction of sp³-hybridized carbons (Fsp3) is 0.933. The maximum absolute atomic E-state index is 12.1. The molecule has 0 aromatic heterocycles. The number of hydrogen-bond acceptors (Lipinski definition) is 2. The summed E-state index contributed by atoms with van der Waals surface area (Å²) in [5, 5.41) is 3.15. The SMILES string of the molecule is CC(NC(=O)C(N)C(C)(C)C)C1CC2CCC1C2. The van der Waals surface area contributed by atoms with Crippen LogP contribution in [-0.2, 0) is 4.79 Å². The molecule has 5 atom stereocenters. The molecule has 0 radical (unpaired) electrons. The molecule has 1 amide bonds. The van der Waals surface area contributed by atoms with Gasteiger partial charge in [0.2, 0.25) is 5.91 Å². The summed E-state index contributed by atoms with van der Waals surface area (Å²) in [5.41, 5.74) is 5.84. The van der Waals surface area contributed by atoms with Crippen molar-refractivity contribution in [2.45, 2.75) is 65.5 Å². The van der Waals surface area contributed by atoms with Crippen LogP contribution in [0.2, 0.25) is 0 Å². The van der Waals surface area contributed by atoms with Gasteiger partial charge in [0.1, 0.15) is 0 Å². The van der Waals surface area contributed by atoms with E-state index in [1.165, 1.54) is 25.7 Å². The van der Waals surface area contributed by atoms with Gasteiger partial charge in [0.05, 0.1) is 6.04 Å². The maximum atomic E-state index is 12.1. The Morgan fingerprint density at radius 3 is 2.39 bits per heavy atom. The molecule has 2 saturated carbocycles. The third kappa shape index (κ3) is 2.71. The molecule has 2 bridgehead atoms. The molecule has 3 N–H and O–H groups in total. The first kappa shape index (κ1) is 13.9. The average molecular weight is 252 g/mol. The Morgan fingerprint density at radius 1 is 1.28 bits per heavy atom. The molecule has 5 unspecified atom stereocenters. The van der Waals surface area contributed by atoms with E-state index in [0.29, 0.717) is 5.92 Å². The Morgan fingerprint density at radius 2 is 1.94 bits per heavy atom. The summed E-state index contributed by atoms with van der Waals surface area (Å²) >= 11 is 0. The lowest BCUT2D eigenvalue weighted by Gasteiger charge is -2.32. The van der Waals surface area contributed by atoms with Crippen LogP contribution in [-0.4, -0.2) is 18.0 Å². The second-order valence-corrected chi connectivity index (χ2v) is 7.48. The van der Waals surface area contributed by atoms with Gasteiger partial charge in [-0.05, 0) is 49.4 Å². The van der Waals surface area contributed by atoms with Gasteiger partial charge in [0, 0.05) is 6.04 Å². The van der Waals surface area contributed by atoms with Gasteiger partial charge in [-0.2, -0.15) is 0 Å². The van der Waals surface area contributed by atoms with Crippen molar-refractivity contribution in [1.29, 1.82) is 0 Å². The van der Waals surface area contributed by atoms with E-state index in [-0.39, 0.29) is 17.4 Å². The van der Waals surface area contributed by atoms with Gasteiger partial charge >= 0.3 is 0 Å². The highest BCUT2D eigenvalue weighted by Crippen LogP contribution is 2.49. The zero-order chi connectivity index (χ0) is 13.5. The molecule has 18 heavy (non-hydrogen) atoms. The molecule has 3 nitrogen and oxygen atoms in total. The molecule has 104 valence electrons. The fourth-order valence-corrected chi connectivity index (χ4v) is 3.72. The van der Waals surface area contributed by atoms with E-state index in [2.05, 4.69) is 12.2 Å². The molecule has 2 rings (SSSR count). The highest BCUT2D eigenvalue weighted by atomic mass is 16.2. The molecule has 0 heterocycles. The second-order valence-electron chi connectivity index (χ2n) is 7.48. The van der Waals surface area contributed by atoms with Crippen LogP contribution < -0.4 is 11.1 Å². The van der Waals surface area contributed by atoms with Gasteiger partial charge in [-0.3, -0.25) is 4.79 Å². The van der Waals surface area contributed by atoms with Crippen LogP contribution in [0.3, 0.4) is 0 Å². The molecule has 0 aliphatic heterocycles. The van der Waals surface area contributed by atoms with Gasteiger partial charge in [-0.1, -0.05) is 27.2 Å². The van der Waals surface area contributed by atoms with Crippen LogP contribution >= 0.6 is 0 Å². The molecule has 0 spiro atoms. The lowest BCUT2D eigenvalue weighted by molar-refractivity contribution is -0.125. The number of hydrogen-bond donors (Lipinski definition) is 2. The number of nitrogens with one attached hydrogen (secondary N) is 1. The van der Waals surface area contributed by atoms with Crippen molar-refractivity contribution in [3.8, 4) is 0 Å². The predicted octanol–water partition coefficient (Wildman–Crippen LogP) is 2.30. The van der Waals surface area contributed by atoms with Crippen LogP contribution in [0.4, 0.5) is 0 Å². The van der Waals surface area contributed by atoms with Crippen LogP contribution in [0.25, 0.3) is 0 Å². The van der Waals surface area contributed by atoms with Gasteiger partial charge in [0.25, 0.3) is 0 Å². The lowest BCUT2D eigenvalue weighted by Crippen LogP contribution is -2.52. The van der Waals surface area contributed by atoms with Crippen molar-refractivity contribution in [2.75, 3.05) is 0 Å². The molecule has 0 saturated heterocycles. The van der Waals surface area contributed by atoms with Crippen LogP contribution in [0, 0.1) is 23.2 Å². The quantitative estimate of drug-likeness (QED) is 0.810. The lowest BCUT2D eigenvalue weighted by atomic mass is 9.83. The summed E-state index contributed by atoms with van der Waals surface area (Å²) in [4.78, 5) is 12.1. The van der Waals surface area contributed by atoms with E-state index in [1.54, 1.807) is 0 Å². The zero-order valence-corrected chi connectivity index (χ0v) is 12.2. The monoisotopic (exact) mass is 252 g/mol. The molecule has 2 fully saturated rings. The van der Waals surface area contributed by atoms with Gasteiger partial charge in [-0.25, -0.2) is 0 Å². The Labute approximate surface area is 111 Å². The van der Waals surface area contributed by atoms with Crippen molar-refractivity contribution in [3.63, 3.8) is 0 Å². The topological polar surface area (TPSA) is 55.1 Å². The van der Waals surface area contributed by atoms with Gasteiger partial charge in [-0.15, -0.1) is 0 Å². The highest BCUT2D eigenvalue weighted by Gasteiger charge is 2.42. The molecular weight excluding hydrogens is 224 g/mol. The van der Waals surface area contributed by atoms with Gasteiger partial charge in [0.15, 0.2) is 0 Å². The number of carbonyl (C=O) groups is 1. The minimum absolute atomic E-state index is 0.0118. The zero-order valence-electron chi connectivity index (χ0n) is 12.2. The molecule has 2 aliphatic carbocycles. The summed E-state index contributed by atoms with van der Waals surface area (Å²) in [5.74, 6) is 2.46. The smallest absolute Gasteiger partial charge is 0.237 e. The van der Waals surface area contributed by atoms with E-state index < -0.39 is 6.04 Å². The van der Waals surface area contributed by atoms with E-state index in [1.807, 2.05) is 20.8 Å². The number of fused-ring (bicyclic) bond motifs is 2. The Balaban J connectivity index is 1.88. The third-order valence-corrected chi connectivity index (χ3v) is 5.02. The Hall–Kier alpha value is -0.570. The van der Waals surface area contributed by atoms with Crippen molar-refractivity contribution >= 4 is 5.91 Å². The first-order chi connectivity index (χ1) is 8.29. The van der Waals surface area contributed by atoms with Crippen LogP contribution in [0.1, 0.15) is 53.4 Å². The van der Waals surface area contributed by atoms with E-state index in [0.717, 1.165) is 11.8 Å². The second kappa shape index (κ2) is 4.84. The first-order valence-corrected chi connectivity index (χ1v) is 7.35. The normalized spacial score (nSPS) is 34.4. The molecular formula is C15H28N2O. The van der Waals surface area contributed by atoms with Crippen LogP contribution in [0.15, 0.2) is 0 Å². The van der Waals surface area contributed by atoms with Crippen molar-refractivity contribution in [1.82, 2.24) is 5.32 Å². The Kier molecular flexibility index (Phi) is 3.72. The molecule has 3 heteroatoms. The number of nitrogens with two attached hydrogens (primary N) is 1. The number of rotatable bonds is 3. The number of carbonyl (C=O) groups excluding carboxylic acids is 1. The minimum atomic E-state index is -0.418. The third-order valence-electron chi connectivity index (χ3n) is 5.02. The highest BCUT2D eigenvalue weighted by molar-refractivity contribution is 5.82. The fourth-order valence-electron chi connectivity index (χ4n) is 3.72. The van der Waals surface area contributed by atoms with Crippen molar-refractivity contribution < 1.29 is 4.79 Å². The standard InChI is InChI=1S/C15H28N2O/c1-9(12-8-10-5-6-11(12)7-10)17-14(18)13(16)15(2,3)4/h9-13H,5-8,16H2,1-4H3,(H,17,18). The average Bonchev–Trinajstić information content (AvgIpc) is 2.88. The summed E-state index contributed by atoms with van der Waals surface area (Å²) in [7, 11) is 0. The maximum Gasteiger partial charge on any atom is 0.237 e. The van der Waals surface area contributed by atoms with E-state index in [4.69, 9.17) is 5.73 Å². The molecule has 0 aromatic carbocycles. The van der Waals surface area contributed by atoms with E-state index in [9.17, 15) is 4.79 Å². The van der Waals surface area contributed by atoms with Crippen molar-refractivity contribution in [3.05, 3.63) is 0 Å². The van der Waals surface area contributed by atoms with Gasteiger partial charge < -0.3 is 11.1 Å². The predicted molar refractivity (Wildman–Crippen MR) is 74.0 cm³/mol. The Bertz CT molecular complexity index is 321. The van der Waals surface area contributed by atoms with E-state index >= 15 is 0 Å². The summed E-state index contributed by atoms with van der Waals surface area (Å²) in [6.07, 6.45) is 5.46. The van der Waals surface area contributed by atoms with Crippen LogP contribution in [0.5, 0.6) is 0 Å². The summed E-state index contributed by atoms with van der Waals surface area (Å²) in [6, 6.07) is -0.139. The summed E-state index contributed by atoms with van der Waals surface area (Å²) in [6.45, 7) is 8.19. The summed E-state index contributed by atoms with van der Waals surface area (Å²) < 4.78 is 0.